The third-order valence-electron chi connectivity index (χ3n) is 3.83. The van der Waals surface area contributed by atoms with E-state index in [1.165, 1.54) is 0 Å². The van der Waals surface area contributed by atoms with Crippen molar-refractivity contribution < 1.29 is 9.59 Å². The SMILES string of the molecule is CC(C)CC(=O)c1ccc(C2=CC(=O)CC(C)(C)C2)cc1. The summed E-state index contributed by atoms with van der Waals surface area (Å²) in [5.74, 6) is 0.753. The zero-order valence-electron chi connectivity index (χ0n) is 13.4. The zero-order chi connectivity index (χ0) is 15.6. The van der Waals surface area contributed by atoms with Gasteiger partial charge >= 0.3 is 0 Å². The van der Waals surface area contributed by atoms with Gasteiger partial charge in [0.25, 0.3) is 0 Å². The smallest absolute Gasteiger partial charge is 0.163 e. The number of carbonyl (C=O) groups is 2. The Bertz CT molecular complexity index is 574. The van der Waals surface area contributed by atoms with E-state index in [-0.39, 0.29) is 17.0 Å². The first-order chi connectivity index (χ1) is 9.77. The van der Waals surface area contributed by atoms with E-state index in [0.717, 1.165) is 23.1 Å². The van der Waals surface area contributed by atoms with Gasteiger partial charge in [-0.1, -0.05) is 52.0 Å². The minimum atomic E-state index is 0.0211. The molecule has 0 fully saturated rings. The van der Waals surface area contributed by atoms with Crippen molar-refractivity contribution in [3.63, 3.8) is 0 Å². The normalized spacial score (nSPS) is 17.8. The van der Waals surface area contributed by atoms with Crippen molar-refractivity contribution in [2.45, 2.75) is 47.0 Å². The average molecular weight is 284 g/mol. The van der Waals surface area contributed by atoms with Crippen molar-refractivity contribution in [3.8, 4) is 0 Å². The van der Waals surface area contributed by atoms with Crippen LogP contribution in [-0.2, 0) is 4.79 Å². The molecule has 1 aliphatic carbocycles. The fraction of sp³-hybridized carbons (Fsp3) is 0.474. The molecule has 0 N–H and O–H groups in total. The zero-order valence-corrected chi connectivity index (χ0v) is 13.4. The second kappa shape index (κ2) is 5.97. The van der Waals surface area contributed by atoms with Gasteiger partial charge in [-0.05, 0) is 35.0 Å². The third kappa shape index (κ3) is 4.13. The van der Waals surface area contributed by atoms with E-state index in [1.807, 2.05) is 38.1 Å². The van der Waals surface area contributed by atoms with E-state index in [0.29, 0.717) is 18.8 Å². The summed E-state index contributed by atoms with van der Waals surface area (Å²) in [7, 11) is 0. The Labute approximate surface area is 127 Å². The van der Waals surface area contributed by atoms with Gasteiger partial charge in [-0.25, -0.2) is 0 Å². The predicted molar refractivity (Wildman–Crippen MR) is 86.2 cm³/mol. The molecule has 1 aromatic rings. The maximum Gasteiger partial charge on any atom is 0.163 e. The van der Waals surface area contributed by atoms with Crippen LogP contribution in [0.25, 0.3) is 5.57 Å². The van der Waals surface area contributed by atoms with Crippen molar-refractivity contribution in [2.24, 2.45) is 11.3 Å². The summed E-state index contributed by atoms with van der Waals surface area (Å²) in [4.78, 5) is 23.9. The number of allylic oxidation sites excluding steroid dienone is 2. The highest BCUT2D eigenvalue weighted by atomic mass is 16.1. The Balaban J connectivity index is 2.19. The molecular weight excluding hydrogens is 260 g/mol. The molecule has 2 rings (SSSR count). The lowest BCUT2D eigenvalue weighted by Crippen LogP contribution is -2.21. The van der Waals surface area contributed by atoms with Crippen molar-refractivity contribution in [1.29, 1.82) is 0 Å². The molecule has 21 heavy (non-hydrogen) atoms. The van der Waals surface area contributed by atoms with E-state index in [2.05, 4.69) is 13.8 Å². The quantitative estimate of drug-likeness (QED) is 0.752. The van der Waals surface area contributed by atoms with E-state index in [9.17, 15) is 9.59 Å². The third-order valence-corrected chi connectivity index (χ3v) is 3.83. The van der Waals surface area contributed by atoms with Gasteiger partial charge in [0, 0.05) is 18.4 Å². The molecule has 0 amide bonds. The fourth-order valence-corrected chi connectivity index (χ4v) is 2.89. The Morgan fingerprint density at radius 3 is 2.29 bits per heavy atom. The van der Waals surface area contributed by atoms with Crippen molar-refractivity contribution in [2.75, 3.05) is 0 Å². The lowest BCUT2D eigenvalue weighted by molar-refractivity contribution is -0.116. The van der Waals surface area contributed by atoms with Crippen molar-refractivity contribution in [3.05, 3.63) is 41.5 Å². The lowest BCUT2D eigenvalue weighted by atomic mass is 9.75. The molecular formula is C19H24O2. The second-order valence-electron chi connectivity index (χ2n) is 7.25. The van der Waals surface area contributed by atoms with Crippen LogP contribution in [0.2, 0.25) is 0 Å². The summed E-state index contributed by atoms with van der Waals surface area (Å²) in [5, 5.41) is 0. The summed E-state index contributed by atoms with van der Waals surface area (Å²) in [6.45, 7) is 8.34. The fourth-order valence-electron chi connectivity index (χ4n) is 2.89. The van der Waals surface area contributed by atoms with E-state index < -0.39 is 0 Å². The Morgan fingerprint density at radius 1 is 1.14 bits per heavy atom. The standard InChI is InChI=1S/C19H24O2/c1-13(2)9-18(21)15-7-5-14(6-8-15)16-10-17(20)12-19(3,4)11-16/h5-8,10,13H,9,11-12H2,1-4H3. The Morgan fingerprint density at radius 2 is 1.76 bits per heavy atom. The topological polar surface area (TPSA) is 34.1 Å². The number of Topliss-reactive ketones (excluding diaryl/α,β-unsaturated/α-hetero) is 1. The minimum Gasteiger partial charge on any atom is -0.295 e. The highest BCUT2D eigenvalue weighted by Gasteiger charge is 2.27. The molecule has 0 aliphatic heterocycles. The van der Waals surface area contributed by atoms with Gasteiger partial charge in [0.1, 0.15) is 0 Å². The summed E-state index contributed by atoms with van der Waals surface area (Å²) in [6.07, 6.45) is 3.85. The Kier molecular flexibility index (Phi) is 4.46. The molecule has 0 saturated carbocycles. The summed E-state index contributed by atoms with van der Waals surface area (Å²) >= 11 is 0. The first-order valence-corrected chi connectivity index (χ1v) is 7.64. The number of hydrogen-bond acceptors (Lipinski definition) is 2. The van der Waals surface area contributed by atoms with Crippen LogP contribution in [0.3, 0.4) is 0 Å². The highest BCUT2D eigenvalue weighted by molar-refractivity contribution is 6.00. The van der Waals surface area contributed by atoms with Crippen LogP contribution in [0, 0.1) is 11.3 Å². The molecule has 2 heteroatoms. The molecule has 1 aromatic carbocycles. The van der Waals surface area contributed by atoms with Gasteiger partial charge in [-0.2, -0.15) is 0 Å². The minimum absolute atomic E-state index is 0.0211. The molecule has 2 nitrogen and oxygen atoms in total. The van der Waals surface area contributed by atoms with Crippen LogP contribution >= 0.6 is 0 Å². The lowest BCUT2D eigenvalue weighted by Gasteiger charge is -2.29. The van der Waals surface area contributed by atoms with Crippen molar-refractivity contribution in [1.82, 2.24) is 0 Å². The number of carbonyl (C=O) groups excluding carboxylic acids is 2. The number of rotatable bonds is 4. The molecule has 0 heterocycles. The van der Waals surface area contributed by atoms with Crippen LogP contribution in [0.5, 0.6) is 0 Å². The molecule has 0 saturated heterocycles. The van der Waals surface area contributed by atoms with E-state index in [1.54, 1.807) is 6.08 Å². The first-order valence-electron chi connectivity index (χ1n) is 7.64. The molecule has 0 atom stereocenters. The highest BCUT2D eigenvalue weighted by Crippen LogP contribution is 2.38. The largest absolute Gasteiger partial charge is 0.295 e. The van der Waals surface area contributed by atoms with Gasteiger partial charge in [-0.3, -0.25) is 9.59 Å². The van der Waals surface area contributed by atoms with Crippen LogP contribution in [0.4, 0.5) is 0 Å². The number of ketones is 2. The van der Waals surface area contributed by atoms with Crippen LogP contribution in [-0.4, -0.2) is 11.6 Å². The molecule has 0 bridgehead atoms. The summed E-state index contributed by atoms with van der Waals surface area (Å²) < 4.78 is 0. The van der Waals surface area contributed by atoms with Gasteiger partial charge in [0.15, 0.2) is 11.6 Å². The summed E-state index contributed by atoms with van der Waals surface area (Å²) in [5.41, 5.74) is 2.92. The monoisotopic (exact) mass is 284 g/mol. The predicted octanol–water partition coefficient (Wildman–Crippen LogP) is 4.69. The van der Waals surface area contributed by atoms with Crippen LogP contribution in [0.15, 0.2) is 30.3 Å². The summed E-state index contributed by atoms with van der Waals surface area (Å²) in [6, 6.07) is 7.70. The molecule has 1 aliphatic rings. The van der Waals surface area contributed by atoms with Gasteiger partial charge in [0.05, 0.1) is 0 Å². The average Bonchev–Trinajstić information content (AvgIpc) is 2.35. The molecule has 0 spiro atoms. The number of hydrogen-bond donors (Lipinski definition) is 0. The molecule has 0 radical (unpaired) electrons. The first kappa shape index (κ1) is 15.7. The van der Waals surface area contributed by atoms with Crippen LogP contribution < -0.4 is 0 Å². The molecule has 0 unspecified atom stereocenters. The van der Waals surface area contributed by atoms with Gasteiger partial charge in [0.2, 0.25) is 0 Å². The van der Waals surface area contributed by atoms with Gasteiger partial charge < -0.3 is 0 Å². The Hall–Kier alpha value is -1.70. The maximum atomic E-state index is 12.0. The van der Waals surface area contributed by atoms with Gasteiger partial charge in [-0.15, -0.1) is 0 Å². The maximum absolute atomic E-state index is 12.0. The van der Waals surface area contributed by atoms with E-state index in [4.69, 9.17) is 0 Å². The van der Waals surface area contributed by atoms with Crippen molar-refractivity contribution >= 4 is 17.1 Å². The second-order valence-corrected chi connectivity index (χ2v) is 7.25. The van der Waals surface area contributed by atoms with E-state index >= 15 is 0 Å². The van der Waals surface area contributed by atoms with Crippen LogP contribution in [0.1, 0.15) is 62.9 Å². The molecule has 112 valence electrons. The molecule has 0 aromatic heterocycles. The number of benzene rings is 1.